The highest BCUT2D eigenvalue weighted by Gasteiger charge is 2.24. The molecule has 4 heterocycles. The van der Waals surface area contributed by atoms with E-state index in [9.17, 15) is 4.39 Å². The predicted octanol–water partition coefficient (Wildman–Crippen LogP) is 3.84. The molecule has 0 spiro atoms. The van der Waals surface area contributed by atoms with E-state index >= 15 is 0 Å². The molecule has 0 saturated heterocycles. The van der Waals surface area contributed by atoms with Gasteiger partial charge in [0, 0.05) is 48.5 Å². The molecule has 0 bridgehead atoms. The highest BCUT2D eigenvalue weighted by Crippen LogP contribution is 2.31. The average molecular weight is 443 g/mol. The van der Waals surface area contributed by atoms with Crippen molar-refractivity contribution in [3.8, 4) is 11.4 Å². The molecule has 4 aromatic heterocycles. The quantitative estimate of drug-likeness (QED) is 0.440. The van der Waals surface area contributed by atoms with Crippen LogP contribution in [0.3, 0.4) is 0 Å². The van der Waals surface area contributed by atoms with Crippen molar-refractivity contribution >= 4 is 28.2 Å². The zero-order chi connectivity index (χ0) is 22.5. The first-order valence-corrected chi connectivity index (χ1v) is 11.0. The van der Waals surface area contributed by atoms with Crippen LogP contribution in [-0.2, 0) is 12.8 Å². The Morgan fingerprint density at radius 3 is 2.88 bits per heavy atom. The molecule has 0 fully saturated rings. The van der Waals surface area contributed by atoms with Crippen LogP contribution in [0.4, 0.5) is 16.0 Å². The average Bonchev–Trinajstić information content (AvgIpc) is 3.41. The van der Waals surface area contributed by atoms with Gasteiger partial charge in [0.1, 0.15) is 11.5 Å². The minimum Gasteiger partial charge on any atom is -0.373 e. The van der Waals surface area contributed by atoms with Crippen molar-refractivity contribution < 1.29 is 4.39 Å². The Balaban J connectivity index is 1.41. The number of H-pyrrole nitrogens is 1. The predicted molar refractivity (Wildman–Crippen MR) is 126 cm³/mol. The standard InChI is InChI=1S/C24H23FN8/c1-32(2)21-13-27-33-23(21)30-22(14-9-15(25)12-26-11-14)31-24(33)28-16-7-8-20-18(10-16)17-5-3-4-6-19(17)29-20/h3-6,9,11-13,16,29H,7-8,10H2,1-2H3,(H,28,30,31)/t16-/m1/s1. The first kappa shape index (κ1) is 19.7. The summed E-state index contributed by atoms with van der Waals surface area (Å²) in [6, 6.07) is 10.00. The van der Waals surface area contributed by atoms with Crippen LogP contribution in [0.25, 0.3) is 27.9 Å². The first-order chi connectivity index (χ1) is 16.1. The smallest absolute Gasteiger partial charge is 0.228 e. The van der Waals surface area contributed by atoms with E-state index in [1.54, 1.807) is 16.9 Å². The van der Waals surface area contributed by atoms with Crippen LogP contribution in [0.15, 0.2) is 48.9 Å². The molecule has 6 rings (SSSR count). The number of hydrogen-bond donors (Lipinski definition) is 2. The van der Waals surface area contributed by atoms with Crippen molar-refractivity contribution in [3.63, 3.8) is 0 Å². The molecule has 9 heteroatoms. The van der Waals surface area contributed by atoms with Gasteiger partial charge in [-0.3, -0.25) is 4.98 Å². The molecule has 0 unspecified atom stereocenters. The summed E-state index contributed by atoms with van der Waals surface area (Å²) < 4.78 is 15.6. The van der Waals surface area contributed by atoms with Crippen LogP contribution in [0, 0.1) is 5.82 Å². The molecule has 0 amide bonds. The summed E-state index contributed by atoms with van der Waals surface area (Å²) in [6.07, 6.45) is 7.31. The highest BCUT2D eigenvalue weighted by molar-refractivity contribution is 5.85. The Kier molecular flexibility index (Phi) is 4.49. The maximum absolute atomic E-state index is 13.9. The Hall–Kier alpha value is -4.01. The van der Waals surface area contributed by atoms with E-state index in [0.29, 0.717) is 23.0 Å². The van der Waals surface area contributed by atoms with Gasteiger partial charge in [0.2, 0.25) is 5.95 Å². The number of benzene rings is 1. The van der Waals surface area contributed by atoms with E-state index in [1.807, 2.05) is 19.0 Å². The molecule has 166 valence electrons. The number of fused-ring (bicyclic) bond motifs is 4. The first-order valence-electron chi connectivity index (χ1n) is 11.0. The summed E-state index contributed by atoms with van der Waals surface area (Å²) in [5.74, 6) is 0.566. The third kappa shape index (κ3) is 3.36. The number of halogens is 1. The van der Waals surface area contributed by atoms with Crippen LogP contribution >= 0.6 is 0 Å². The number of aromatic amines is 1. The van der Waals surface area contributed by atoms with Crippen LogP contribution < -0.4 is 10.2 Å². The lowest BCUT2D eigenvalue weighted by molar-refractivity contribution is 0.599. The van der Waals surface area contributed by atoms with Crippen LogP contribution in [0.2, 0.25) is 0 Å². The molecular weight excluding hydrogens is 419 g/mol. The summed E-state index contributed by atoms with van der Waals surface area (Å²) in [4.78, 5) is 18.9. The number of aromatic nitrogens is 6. The van der Waals surface area contributed by atoms with Crippen molar-refractivity contribution in [2.75, 3.05) is 24.3 Å². The van der Waals surface area contributed by atoms with Gasteiger partial charge < -0.3 is 15.2 Å². The van der Waals surface area contributed by atoms with Crippen molar-refractivity contribution in [1.29, 1.82) is 0 Å². The molecular formula is C24H23FN8. The minimum absolute atomic E-state index is 0.181. The maximum atomic E-state index is 13.9. The van der Waals surface area contributed by atoms with E-state index in [1.165, 1.54) is 34.4 Å². The number of aryl methyl sites for hydroxylation is 1. The number of nitrogens with zero attached hydrogens (tertiary/aromatic N) is 6. The molecule has 1 aliphatic carbocycles. The zero-order valence-corrected chi connectivity index (χ0v) is 18.4. The lowest BCUT2D eigenvalue weighted by Crippen LogP contribution is -2.29. The van der Waals surface area contributed by atoms with Crippen LogP contribution in [0.5, 0.6) is 0 Å². The lowest BCUT2D eigenvalue weighted by Gasteiger charge is -2.24. The summed E-state index contributed by atoms with van der Waals surface area (Å²) in [5, 5.41) is 9.40. The largest absolute Gasteiger partial charge is 0.373 e. The second kappa shape index (κ2) is 7.54. The third-order valence-electron chi connectivity index (χ3n) is 6.22. The number of nitrogens with one attached hydrogen (secondary N) is 2. The Labute approximate surface area is 189 Å². The maximum Gasteiger partial charge on any atom is 0.228 e. The Morgan fingerprint density at radius 1 is 1.15 bits per heavy atom. The van der Waals surface area contributed by atoms with Crippen LogP contribution in [-0.4, -0.2) is 49.7 Å². The van der Waals surface area contributed by atoms with Crippen molar-refractivity contribution in [3.05, 3.63) is 66.0 Å². The van der Waals surface area contributed by atoms with E-state index in [-0.39, 0.29) is 6.04 Å². The van der Waals surface area contributed by atoms with Gasteiger partial charge in [-0.15, -0.1) is 0 Å². The lowest BCUT2D eigenvalue weighted by atomic mass is 9.91. The molecule has 0 saturated carbocycles. The number of rotatable bonds is 4. The van der Waals surface area contributed by atoms with Gasteiger partial charge in [0.05, 0.1) is 12.4 Å². The fourth-order valence-corrected chi connectivity index (χ4v) is 4.61. The number of hydrogen-bond acceptors (Lipinski definition) is 6. The number of para-hydroxylation sites is 1. The van der Waals surface area contributed by atoms with Crippen molar-refractivity contribution in [2.45, 2.75) is 25.3 Å². The molecule has 1 aromatic carbocycles. The second-order valence-electron chi connectivity index (χ2n) is 8.63. The van der Waals surface area contributed by atoms with Crippen molar-refractivity contribution in [1.82, 2.24) is 29.5 Å². The van der Waals surface area contributed by atoms with Gasteiger partial charge >= 0.3 is 0 Å². The molecule has 1 atom stereocenters. The Morgan fingerprint density at radius 2 is 2.03 bits per heavy atom. The fourth-order valence-electron chi connectivity index (χ4n) is 4.61. The Bertz CT molecular complexity index is 1480. The van der Waals surface area contributed by atoms with Gasteiger partial charge in [-0.25, -0.2) is 9.37 Å². The van der Waals surface area contributed by atoms with Crippen molar-refractivity contribution in [2.24, 2.45) is 0 Å². The van der Waals surface area contributed by atoms with Gasteiger partial charge in [0.15, 0.2) is 11.5 Å². The summed E-state index contributed by atoms with van der Waals surface area (Å²) in [7, 11) is 3.88. The van der Waals surface area contributed by atoms with E-state index in [0.717, 1.165) is 24.9 Å². The van der Waals surface area contributed by atoms with Gasteiger partial charge in [-0.05, 0) is 37.0 Å². The highest BCUT2D eigenvalue weighted by atomic mass is 19.1. The summed E-state index contributed by atoms with van der Waals surface area (Å²) in [5.41, 5.74) is 5.87. The fraction of sp³-hybridized carbons (Fsp3) is 0.250. The molecule has 0 radical (unpaired) electrons. The number of anilines is 2. The monoisotopic (exact) mass is 442 g/mol. The summed E-state index contributed by atoms with van der Waals surface area (Å²) >= 11 is 0. The zero-order valence-electron chi connectivity index (χ0n) is 18.4. The topological polar surface area (TPSA) is 87.0 Å². The SMILES string of the molecule is CN(C)c1cnn2c(N[C@@H]3CCc4[nH]c5ccccc5c4C3)nc(-c3cncc(F)c3)nc12. The summed E-state index contributed by atoms with van der Waals surface area (Å²) in [6.45, 7) is 0. The van der Waals surface area contributed by atoms with Crippen LogP contribution in [0.1, 0.15) is 17.7 Å². The molecule has 0 aliphatic heterocycles. The molecule has 2 N–H and O–H groups in total. The molecule has 33 heavy (non-hydrogen) atoms. The molecule has 1 aliphatic rings. The molecule has 5 aromatic rings. The van der Waals surface area contributed by atoms with E-state index in [2.05, 4.69) is 49.6 Å². The van der Waals surface area contributed by atoms with Gasteiger partial charge in [-0.1, -0.05) is 18.2 Å². The second-order valence-corrected chi connectivity index (χ2v) is 8.63. The van der Waals surface area contributed by atoms with E-state index < -0.39 is 5.82 Å². The normalized spacial score (nSPS) is 15.7. The molecule has 8 nitrogen and oxygen atoms in total. The van der Waals surface area contributed by atoms with Gasteiger partial charge in [-0.2, -0.15) is 14.6 Å². The van der Waals surface area contributed by atoms with E-state index in [4.69, 9.17) is 4.98 Å². The van der Waals surface area contributed by atoms with Gasteiger partial charge in [0.25, 0.3) is 0 Å². The third-order valence-corrected chi connectivity index (χ3v) is 6.22. The number of pyridine rings is 1. The minimum atomic E-state index is -0.425.